The van der Waals surface area contributed by atoms with E-state index >= 15 is 0 Å². The molecule has 0 aromatic carbocycles. The SMILES string of the molecule is CCCCCCC(C)n1nnnc1C(C)Cl. The second-order valence-electron chi connectivity index (χ2n) is 4.30. The first-order valence-electron chi connectivity index (χ1n) is 6.08. The maximum absolute atomic E-state index is 6.01. The van der Waals surface area contributed by atoms with Crippen LogP contribution in [0.5, 0.6) is 0 Å². The quantitative estimate of drug-likeness (QED) is 0.545. The van der Waals surface area contributed by atoms with E-state index in [0.29, 0.717) is 6.04 Å². The minimum Gasteiger partial charge on any atom is -0.225 e. The number of aromatic nitrogens is 4. The lowest BCUT2D eigenvalue weighted by molar-refractivity contribution is 0.414. The molecule has 0 fully saturated rings. The van der Waals surface area contributed by atoms with Gasteiger partial charge in [-0.05, 0) is 30.7 Å². The van der Waals surface area contributed by atoms with Crippen molar-refractivity contribution in [3.8, 4) is 0 Å². The van der Waals surface area contributed by atoms with Gasteiger partial charge in [-0.2, -0.15) is 0 Å². The lowest BCUT2D eigenvalue weighted by Gasteiger charge is -2.13. The summed E-state index contributed by atoms with van der Waals surface area (Å²) in [4.78, 5) is 0. The summed E-state index contributed by atoms with van der Waals surface area (Å²) >= 11 is 6.01. The number of rotatable bonds is 7. The summed E-state index contributed by atoms with van der Waals surface area (Å²) in [7, 11) is 0. The molecule has 92 valence electrons. The topological polar surface area (TPSA) is 43.6 Å². The monoisotopic (exact) mass is 244 g/mol. The van der Waals surface area contributed by atoms with Crippen molar-refractivity contribution in [1.82, 2.24) is 20.2 Å². The van der Waals surface area contributed by atoms with E-state index in [1.165, 1.54) is 25.7 Å². The van der Waals surface area contributed by atoms with E-state index in [2.05, 4.69) is 29.4 Å². The minimum atomic E-state index is -0.131. The molecule has 0 saturated heterocycles. The second-order valence-corrected chi connectivity index (χ2v) is 4.95. The summed E-state index contributed by atoms with van der Waals surface area (Å²) in [6, 6.07) is 0.336. The predicted molar refractivity (Wildman–Crippen MR) is 65.6 cm³/mol. The van der Waals surface area contributed by atoms with Crippen molar-refractivity contribution in [3.63, 3.8) is 0 Å². The van der Waals surface area contributed by atoms with Crippen molar-refractivity contribution in [2.75, 3.05) is 0 Å². The minimum absolute atomic E-state index is 0.131. The van der Waals surface area contributed by atoms with Gasteiger partial charge in [0.05, 0.1) is 11.4 Å². The van der Waals surface area contributed by atoms with Crippen molar-refractivity contribution in [2.45, 2.75) is 64.3 Å². The molecule has 5 heteroatoms. The lowest BCUT2D eigenvalue weighted by atomic mass is 10.1. The number of unbranched alkanes of at least 4 members (excludes halogenated alkanes) is 3. The van der Waals surface area contributed by atoms with Crippen LogP contribution < -0.4 is 0 Å². The van der Waals surface area contributed by atoms with Gasteiger partial charge >= 0.3 is 0 Å². The van der Waals surface area contributed by atoms with Gasteiger partial charge in [0.1, 0.15) is 0 Å². The Hall–Kier alpha value is -0.640. The van der Waals surface area contributed by atoms with E-state index in [1.807, 2.05) is 11.6 Å². The third kappa shape index (κ3) is 3.74. The molecule has 2 unspecified atom stereocenters. The molecule has 0 bridgehead atoms. The van der Waals surface area contributed by atoms with E-state index in [1.54, 1.807) is 0 Å². The normalized spacial score (nSPS) is 15.0. The Bertz CT molecular complexity index is 298. The molecule has 1 aromatic rings. The zero-order chi connectivity index (χ0) is 12.0. The Morgan fingerprint density at radius 3 is 2.62 bits per heavy atom. The Morgan fingerprint density at radius 1 is 1.25 bits per heavy atom. The number of alkyl halides is 1. The third-order valence-corrected chi connectivity index (χ3v) is 2.96. The summed E-state index contributed by atoms with van der Waals surface area (Å²) in [5, 5.41) is 11.5. The Labute approximate surface area is 102 Å². The number of halogens is 1. The van der Waals surface area contributed by atoms with Gasteiger partial charge in [-0.1, -0.05) is 32.6 Å². The molecule has 1 heterocycles. The lowest BCUT2D eigenvalue weighted by Crippen LogP contribution is -2.11. The largest absolute Gasteiger partial charge is 0.225 e. The van der Waals surface area contributed by atoms with E-state index in [4.69, 9.17) is 11.6 Å². The van der Waals surface area contributed by atoms with Gasteiger partial charge in [0.15, 0.2) is 5.82 Å². The molecular weight excluding hydrogens is 224 g/mol. The van der Waals surface area contributed by atoms with Gasteiger partial charge in [0.2, 0.25) is 0 Å². The highest BCUT2D eigenvalue weighted by atomic mass is 35.5. The van der Waals surface area contributed by atoms with Gasteiger partial charge < -0.3 is 0 Å². The molecule has 4 nitrogen and oxygen atoms in total. The van der Waals surface area contributed by atoms with Gasteiger partial charge in [0, 0.05) is 0 Å². The van der Waals surface area contributed by atoms with Crippen LogP contribution in [0.3, 0.4) is 0 Å². The van der Waals surface area contributed by atoms with Crippen molar-refractivity contribution >= 4 is 11.6 Å². The summed E-state index contributed by atoms with van der Waals surface area (Å²) in [5.74, 6) is 0.768. The van der Waals surface area contributed by atoms with E-state index in [0.717, 1.165) is 12.2 Å². The highest BCUT2D eigenvalue weighted by Crippen LogP contribution is 2.21. The van der Waals surface area contributed by atoms with Crippen molar-refractivity contribution in [3.05, 3.63) is 5.82 Å². The molecule has 1 aromatic heterocycles. The molecule has 0 N–H and O–H groups in total. The number of hydrogen-bond acceptors (Lipinski definition) is 3. The van der Waals surface area contributed by atoms with Crippen LogP contribution in [0.4, 0.5) is 0 Å². The fourth-order valence-electron chi connectivity index (χ4n) is 1.77. The number of tetrazole rings is 1. The van der Waals surface area contributed by atoms with E-state index in [-0.39, 0.29) is 5.38 Å². The molecule has 0 aliphatic carbocycles. The number of hydrogen-bond donors (Lipinski definition) is 0. The molecule has 0 radical (unpaired) electrons. The zero-order valence-electron chi connectivity index (χ0n) is 10.4. The van der Waals surface area contributed by atoms with E-state index < -0.39 is 0 Å². The van der Waals surface area contributed by atoms with Crippen molar-refractivity contribution < 1.29 is 0 Å². The van der Waals surface area contributed by atoms with Crippen LogP contribution >= 0.6 is 11.6 Å². The average Bonchev–Trinajstić information content (AvgIpc) is 2.73. The Morgan fingerprint density at radius 2 is 2.00 bits per heavy atom. The van der Waals surface area contributed by atoms with Gasteiger partial charge in [-0.3, -0.25) is 0 Å². The van der Waals surface area contributed by atoms with Gasteiger partial charge in [-0.25, -0.2) is 4.68 Å². The zero-order valence-corrected chi connectivity index (χ0v) is 11.1. The first kappa shape index (κ1) is 13.4. The first-order chi connectivity index (χ1) is 7.66. The Balaban J connectivity index is 2.46. The third-order valence-electron chi connectivity index (χ3n) is 2.77. The standard InChI is InChI=1S/C11H21ClN4/c1-4-5-6-7-8-9(2)16-11(10(3)12)13-14-15-16/h9-10H,4-8H2,1-3H3. The Kier molecular flexibility index (Phi) is 5.74. The summed E-state index contributed by atoms with van der Waals surface area (Å²) in [5.41, 5.74) is 0. The molecular formula is C11H21ClN4. The smallest absolute Gasteiger partial charge is 0.169 e. The van der Waals surface area contributed by atoms with E-state index in [9.17, 15) is 0 Å². The van der Waals surface area contributed by atoms with Crippen molar-refractivity contribution in [2.24, 2.45) is 0 Å². The van der Waals surface area contributed by atoms with Crippen LogP contribution in [0.25, 0.3) is 0 Å². The van der Waals surface area contributed by atoms with Crippen LogP contribution in [0.1, 0.15) is 70.1 Å². The average molecular weight is 245 g/mol. The van der Waals surface area contributed by atoms with Gasteiger partial charge in [-0.15, -0.1) is 16.7 Å². The van der Waals surface area contributed by atoms with Crippen LogP contribution in [0.2, 0.25) is 0 Å². The fraction of sp³-hybridized carbons (Fsp3) is 0.909. The molecule has 0 saturated carbocycles. The maximum atomic E-state index is 6.01. The van der Waals surface area contributed by atoms with Gasteiger partial charge in [0.25, 0.3) is 0 Å². The maximum Gasteiger partial charge on any atom is 0.169 e. The van der Waals surface area contributed by atoms with Crippen LogP contribution in [0.15, 0.2) is 0 Å². The second kappa shape index (κ2) is 6.84. The molecule has 16 heavy (non-hydrogen) atoms. The van der Waals surface area contributed by atoms with Crippen LogP contribution in [-0.4, -0.2) is 20.2 Å². The molecule has 1 rings (SSSR count). The number of nitrogens with zero attached hydrogens (tertiary/aromatic N) is 4. The summed E-state index contributed by atoms with van der Waals surface area (Å²) in [6.45, 7) is 6.26. The summed E-state index contributed by atoms with van der Waals surface area (Å²) in [6.07, 6.45) is 6.20. The van der Waals surface area contributed by atoms with Crippen molar-refractivity contribution in [1.29, 1.82) is 0 Å². The molecule has 0 aliphatic heterocycles. The van der Waals surface area contributed by atoms with Crippen LogP contribution in [0, 0.1) is 0 Å². The molecule has 0 aliphatic rings. The fourth-order valence-corrected chi connectivity index (χ4v) is 1.91. The molecule has 0 amide bonds. The summed E-state index contributed by atoms with van der Waals surface area (Å²) < 4.78 is 1.85. The highest BCUT2D eigenvalue weighted by molar-refractivity contribution is 6.20. The highest BCUT2D eigenvalue weighted by Gasteiger charge is 2.16. The van der Waals surface area contributed by atoms with Crippen LogP contribution in [-0.2, 0) is 0 Å². The first-order valence-corrected chi connectivity index (χ1v) is 6.52. The molecule has 0 spiro atoms. The molecule has 2 atom stereocenters. The predicted octanol–water partition coefficient (Wildman–Crippen LogP) is 3.50.